The molecule has 0 aromatic heterocycles. The molecule has 0 bridgehead atoms. The van der Waals surface area contributed by atoms with Crippen LogP contribution in [0.4, 0.5) is 0 Å². The molecule has 2 unspecified atom stereocenters. The summed E-state index contributed by atoms with van der Waals surface area (Å²) in [6.07, 6.45) is 1.31. The minimum atomic E-state index is 0.731. The molecule has 2 atom stereocenters. The van der Waals surface area contributed by atoms with Gasteiger partial charge in [-0.15, -0.1) is 0 Å². The van der Waals surface area contributed by atoms with Gasteiger partial charge in [0, 0.05) is 17.8 Å². The summed E-state index contributed by atoms with van der Waals surface area (Å²) in [6, 6.07) is 0.731. The van der Waals surface area contributed by atoms with E-state index in [9.17, 15) is 0 Å². The molecular weight excluding hydrogens is 118 g/mol. The Kier molecular flexibility index (Phi) is 2.08. The van der Waals surface area contributed by atoms with Crippen molar-refractivity contribution >= 4 is 17.2 Å². The van der Waals surface area contributed by atoms with Crippen LogP contribution in [-0.2, 0) is 0 Å². The van der Waals surface area contributed by atoms with E-state index in [-0.39, 0.29) is 0 Å². The van der Waals surface area contributed by atoms with Crippen LogP contribution in [0.5, 0.6) is 0 Å². The Morgan fingerprint density at radius 3 is 2.75 bits per heavy atom. The molecule has 48 valence electrons. The first kappa shape index (κ1) is 6.30. The zero-order valence-corrected chi connectivity index (χ0v) is 6.12. The van der Waals surface area contributed by atoms with Crippen LogP contribution in [0.25, 0.3) is 0 Å². The maximum absolute atomic E-state index is 3.83. The van der Waals surface area contributed by atoms with Crippen molar-refractivity contribution in [2.24, 2.45) is 0 Å². The summed E-state index contributed by atoms with van der Waals surface area (Å²) in [6.45, 7) is 3.40. The Hall–Kier alpha value is 0.180. The van der Waals surface area contributed by atoms with Crippen LogP contribution >= 0.6 is 11.4 Å². The number of hydrogen-bond acceptors (Lipinski definition) is 1. The fraction of sp³-hybridized carbons (Fsp3) is 0.833. The van der Waals surface area contributed by atoms with Crippen LogP contribution in [0.2, 0.25) is 0 Å². The lowest BCUT2D eigenvalue weighted by molar-refractivity contribution is 0.665. The SMILES string of the molecule is C=[SH]C1CNC(C)C1. The van der Waals surface area contributed by atoms with Crippen LogP contribution in [0.1, 0.15) is 13.3 Å². The van der Waals surface area contributed by atoms with Crippen LogP contribution in [0.15, 0.2) is 0 Å². The quantitative estimate of drug-likeness (QED) is 0.393. The molecule has 0 amide bonds. The summed E-state index contributed by atoms with van der Waals surface area (Å²) in [5.74, 6) is 3.83. The summed E-state index contributed by atoms with van der Waals surface area (Å²) < 4.78 is 0. The first-order valence-corrected chi connectivity index (χ1v) is 4.17. The maximum Gasteiger partial charge on any atom is 0.0104 e. The zero-order valence-electron chi connectivity index (χ0n) is 5.22. The first-order chi connectivity index (χ1) is 3.83. The zero-order chi connectivity index (χ0) is 5.98. The molecule has 1 saturated heterocycles. The Balaban J connectivity index is 2.32. The van der Waals surface area contributed by atoms with Gasteiger partial charge in [-0.1, -0.05) is 5.87 Å². The first-order valence-electron chi connectivity index (χ1n) is 3.02. The molecule has 1 aliphatic heterocycles. The summed E-state index contributed by atoms with van der Waals surface area (Å²) in [5, 5.41) is 4.20. The predicted molar refractivity (Wildman–Crippen MR) is 42.0 cm³/mol. The van der Waals surface area contributed by atoms with Gasteiger partial charge >= 0.3 is 0 Å². The van der Waals surface area contributed by atoms with Crippen LogP contribution in [0.3, 0.4) is 0 Å². The van der Waals surface area contributed by atoms with Crippen molar-refractivity contribution < 1.29 is 0 Å². The van der Waals surface area contributed by atoms with E-state index in [4.69, 9.17) is 0 Å². The van der Waals surface area contributed by atoms with Crippen molar-refractivity contribution in [3.8, 4) is 0 Å². The van der Waals surface area contributed by atoms with E-state index in [1.54, 1.807) is 0 Å². The second kappa shape index (κ2) is 2.65. The van der Waals surface area contributed by atoms with Gasteiger partial charge in [-0.2, -0.15) is 0 Å². The molecule has 1 nitrogen and oxygen atoms in total. The topological polar surface area (TPSA) is 12.0 Å². The number of hydrogen-bond donors (Lipinski definition) is 2. The molecule has 1 rings (SSSR count). The molecule has 0 aromatic rings. The third-order valence-electron chi connectivity index (χ3n) is 1.59. The Bertz CT molecular complexity index is 92.5. The van der Waals surface area contributed by atoms with Gasteiger partial charge in [0.05, 0.1) is 0 Å². The van der Waals surface area contributed by atoms with Crippen molar-refractivity contribution in [3.63, 3.8) is 0 Å². The largest absolute Gasteiger partial charge is 0.313 e. The molecule has 0 saturated carbocycles. The average Bonchev–Trinajstić information content (AvgIpc) is 2.14. The van der Waals surface area contributed by atoms with E-state index in [1.807, 2.05) is 0 Å². The molecule has 1 fully saturated rings. The maximum atomic E-state index is 3.83. The molecule has 0 spiro atoms. The lowest BCUT2D eigenvalue weighted by Crippen LogP contribution is -2.16. The minimum absolute atomic E-state index is 0.731. The molecule has 1 N–H and O–H groups in total. The minimum Gasteiger partial charge on any atom is -0.313 e. The highest BCUT2D eigenvalue weighted by molar-refractivity contribution is 7.97. The highest BCUT2D eigenvalue weighted by Crippen LogP contribution is 2.13. The van der Waals surface area contributed by atoms with Gasteiger partial charge in [0.15, 0.2) is 0 Å². The van der Waals surface area contributed by atoms with Gasteiger partial charge in [-0.25, -0.2) is 11.4 Å². The van der Waals surface area contributed by atoms with Gasteiger partial charge in [0.25, 0.3) is 0 Å². The van der Waals surface area contributed by atoms with Gasteiger partial charge < -0.3 is 5.32 Å². The van der Waals surface area contributed by atoms with Crippen molar-refractivity contribution in [2.45, 2.75) is 24.6 Å². The average molecular weight is 131 g/mol. The molecule has 0 aliphatic carbocycles. The van der Waals surface area contributed by atoms with Crippen molar-refractivity contribution in [1.82, 2.24) is 5.32 Å². The summed E-state index contributed by atoms with van der Waals surface area (Å²) in [4.78, 5) is 0. The lowest BCUT2D eigenvalue weighted by atomic mass is 10.2. The Labute approximate surface area is 54.4 Å². The summed E-state index contributed by atoms with van der Waals surface area (Å²) in [5.41, 5.74) is 0. The molecule has 2 heteroatoms. The highest BCUT2D eigenvalue weighted by Gasteiger charge is 2.16. The van der Waals surface area contributed by atoms with Gasteiger partial charge in [0.1, 0.15) is 0 Å². The van der Waals surface area contributed by atoms with E-state index in [0.29, 0.717) is 0 Å². The second-order valence-corrected chi connectivity index (χ2v) is 3.48. The summed E-state index contributed by atoms with van der Waals surface area (Å²) in [7, 11) is 0. The molecule has 8 heavy (non-hydrogen) atoms. The lowest BCUT2D eigenvalue weighted by Gasteiger charge is -1.97. The van der Waals surface area contributed by atoms with Gasteiger partial charge in [-0.3, -0.25) is 0 Å². The molecule has 1 heterocycles. The van der Waals surface area contributed by atoms with Gasteiger partial charge in [-0.05, 0) is 13.3 Å². The standard InChI is InChI=1S/C6H13NS/c1-5-3-6(8-2)4-7-5/h5-8H,2-4H2,1H3. The molecular formula is C6H13NS. The number of nitrogens with one attached hydrogen (secondary N) is 1. The van der Waals surface area contributed by atoms with Crippen LogP contribution < -0.4 is 5.32 Å². The van der Waals surface area contributed by atoms with Crippen molar-refractivity contribution in [3.05, 3.63) is 0 Å². The van der Waals surface area contributed by atoms with Crippen LogP contribution in [-0.4, -0.2) is 23.7 Å². The number of rotatable bonds is 1. The van der Waals surface area contributed by atoms with E-state index < -0.39 is 0 Å². The third kappa shape index (κ3) is 1.33. The molecule has 0 radical (unpaired) electrons. The fourth-order valence-corrected chi connectivity index (χ4v) is 1.75. The normalized spacial score (nSPS) is 38.1. The highest BCUT2D eigenvalue weighted by atomic mass is 32.1. The molecule has 0 aromatic carbocycles. The van der Waals surface area contributed by atoms with E-state index in [0.717, 1.165) is 11.3 Å². The third-order valence-corrected chi connectivity index (χ3v) is 2.50. The Morgan fingerprint density at radius 1 is 1.75 bits per heavy atom. The van der Waals surface area contributed by atoms with E-state index in [1.165, 1.54) is 24.3 Å². The van der Waals surface area contributed by atoms with Gasteiger partial charge in [0.2, 0.25) is 0 Å². The Morgan fingerprint density at radius 2 is 2.50 bits per heavy atom. The van der Waals surface area contributed by atoms with E-state index in [2.05, 4.69) is 18.1 Å². The second-order valence-electron chi connectivity index (χ2n) is 2.38. The number of thiol groups is 1. The monoisotopic (exact) mass is 131 g/mol. The molecule has 1 aliphatic rings. The van der Waals surface area contributed by atoms with Crippen molar-refractivity contribution in [2.75, 3.05) is 6.54 Å². The predicted octanol–water partition coefficient (Wildman–Crippen LogP) is 0.634. The van der Waals surface area contributed by atoms with Crippen molar-refractivity contribution in [1.29, 1.82) is 0 Å². The summed E-state index contributed by atoms with van der Waals surface area (Å²) >= 11 is 1.30. The fourth-order valence-electron chi connectivity index (χ4n) is 1.05. The van der Waals surface area contributed by atoms with Crippen LogP contribution in [0, 0.1) is 0 Å². The smallest absolute Gasteiger partial charge is 0.0104 e. The van der Waals surface area contributed by atoms with E-state index >= 15 is 0 Å².